The number of thioether (sulfide) groups is 1. The van der Waals surface area contributed by atoms with Crippen LogP contribution < -0.4 is 4.74 Å². The minimum atomic E-state index is 0.868. The van der Waals surface area contributed by atoms with Gasteiger partial charge in [0.25, 0.3) is 0 Å². The van der Waals surface area contributed by atoms with E-state index in [1.807, 2.05) is 12.1 Å². The van der Waals surface area contributed by atoms with Crippen LogP contribution in [0.5, 0.6) is 5.75 Å². The van der Waals surface area contributed by atoms with Crippen LogP contribution >= 0.6 is 23.1 Å². The van der Waals surface area contributed by atoms with Crippen LogP contribution in [-0.4, -0.2) is 22.8 Å². The molecule has 0 amide bonds. The third-order valence-electron chi connectivity index (χ3n) is 3.02. The summed E-state index contributed by atoms with van der Waals surface area (Å²) in [5.74, 6) is 1.87. The fourth-order valence-corrected chi connectivity index (χ4v) is 3.80. The van der Waals surface area contributed by atoms with Gasteiger partial charge in [-0.05, 0) is 23.4 Å². The van der Waals surface area contributed by atoms with Crippen LogP contribution in [0.25, 0.3) is 21.3 Å². The van der Waals surface area contributed by atoms with E-state index in [2.05, 4.69) is 34.4 Å². The molecule has 0 radical (unpaired) electrons. The Morgan fingerprint density at radius 1 is 1.20 bits per heavy atom. The summed E-state index contributed by atoms with van der Waals surface area (Å²) in [5, 5.41) is 4.38. The maximum absolute atomic E-state index is 5.21. The van der Waals surface area contributed by atoms with Crippen LogP contribution in [0.3, 0.4) is 0 Å². The molecule has 2 aromatic heterocycles. The van der Waals surface area contributed by atoms with E-state index < -0.39 is 0 Å². The van der Waals surface area contributed by atoms with Crippen molar-refractivity contribution >= 4 is 33.3 Å². The molecule has 20 heavy (non-hydrogen) atoms. The van der Waals surface area contributed by atoms with Crippen LogP contribution in [0.1, 0.15) is 6.92 Å². The van der Waals surface area contributed by atoms with Crippen LogP contribution in [0, 0.1) is 0 Å². The van der Waals surface area contributed by atoms with Crippen molar-refractivity contribution < 1.29 is 4.74 Å². The van der Waals surface area contributed by atoms with E-state index in [4.69, 9.17) is 4.74 Å². The Bertz CT molecular complexity index is 722. The first-order chi connectivity index (χ1) is 9.83. The van der Waals surface area contributed by atoms with Gasteiger partial charge in [0.15, 0.2) is 0 Å². The Balaban J connectivity index is 2.14. The summed E-state index contributed by atoms with van der Waals surface area (Å²) < 4.78 is 5.21. The second kappa shape index (κ2) is 5.81. The zero-order chi connectivity index (χ0) is 13.9. The van der Waals surface area contributed by atoms with Crippen LogP contribution in [0.15, 0.2) is 41.0 Å². The van der Waals surface area contributed by atoms with E-state index in [-0.39, 0.29) is 0 Å². The fourth-order valence-electron chi connectivity index (χ4n) is 2.08. The fraction of sp³-hybridized carbons (Fsp3) is 0.200. The highest BCUT2D eigenvalue weighted by Gasteiger charge is 2.12. The number of methoxy groups -OCH3 is 1. The van der Waals surface area contributed by atoms with Crippen molar-refractivity contribution in [1.29, 1.82) is 0 Å². The van der Waals surface area contributed by atoms with Crippen molar-refractivity contribution in [3.05, 3.63) is 36.0 Å². The molecule has 0 saturated carbocycles. The van der Waals surface area contributed by atoms with E-state index in [9.17, 15) is 0 Å². The number of rotatable bonds is 4. The SMILES string of the molecule is CCSc1ncnc2scc(-c3ccc(OC)cc3)c12. The molecule has 0 aliphatic rings. The summed E-state index contributed by atoms with van der Waals surface area (Å²) in [6, 6.07) is 8.12. The lowest BCUT2D eigenvalue weighted by Gasteiger charge is -2.05. The van der Waals surface area contributed by atoms with Gasteiger partial charge in [0.05, 0.1) is 12.5 Å². The average molecular weight is 302 g/mol. The van der Waals surface area contributed by atoms with Crippen molar-refractivity contribution in [3.63, 3.8) is 0 Å². The van der Waals surface area contributed by atoms with E-state index in [0.717, 1.165) is 26.7 Å². The number of aromatic nitrogens is 2. The molecule has 0 fully saturated rings. The van der Waals surface area contributed by atoms with Gasteiger partial charge in [-0.25, -0.2) is 9.97 Å². The lowest BCUT2D eigenvalue weighted by Crippen LogP contribution is -1.86. The maximum Gasteiger partial charge on any atom is 0.128 e. The van der Waals surface area contributed by atoms with Crippen LogP contribution in [0.2, 0.25) is 0 Å². The quantitative estimate of drug-likeness (QED) is 0.526. The number of hydrogen-bond donors (Lipinski definition) is 0. The number of ether oxygens (including phenoxy) is 1. The lowest BCUT2D eigenvalue weighted by atomic mass is 10.1. The van der Waals surface area contributed by atoms with Gasteiger partial charge in [0.2, 0.25) is 0 Å². The summed E-state index contributed by atoms with van der Waals surface area (Å²) in [7, 11) is 1.68. The molecule has 0 N–H and O–H groups in total. The van der Waals surface area contributed by atoms with Crippen LogP contribution in [-0.2, 0) is 0 Å². The molecule has 0 spiro atoms. The molecule has 1 aromatic carbocycles. The summed E-state index contributed by atoms with van der Waals surface area (Å²) in [6.45, 7) is 2.14. The molecular formula is C15H14N2OS2. The second-order valence-corrected chi connectivity index (χ2v) is 6.28. The first-order valence-corrected chi connectivity index (χ1v) is 8.19. The van der Waals surface area contributed by atoms with Gasteiger partial charge in [0, 0.05) is 10.9 Å². The van der Waals surface area contributed by atoms with Gasteiger partial charge >= 0.3 is 0 Å². The van der Waals surface area contributed by atoms with E-state index in [0.29, 0.717) is 0 Å². The largest absolute Gasteiger partial charge is 0.497 e. The predicted molar refractivity (Wildman–Crippen MR) is 85.8 cm³/mol. The number of benzene rings is 1. The lowest BCUT2D eigenvalue weighted by molar-refractivity contribution is 0.415. The highest BCUT2D eigenvalue weighted by molar-refractivity contribution is 7.99. The zero-order valence-corrected chi connectivity index (χ0v) is 12.9. The van der Waals surface area contributed by atoms with Crippen molar-refractivity contribution in [1.82, 2.24) is 9.97 Å². The molecule has 0 bridgehead atoms. The Morgan fingerprint density at radius 3 is 2.70 bits per heavy atom. The topological polar surface area (TPSA) is 35.0 Å². The zero-order valence-electron chi connectivity index (χ0n) is 11.3. The molecule has 3 aromatic rings. The molecule has 0 aliphatic heterocycles. The molecule has 0 aliphatic carbocycles. The first kappa shape index (κ1) is 13.4. The van der Waals surface area contributed by atoms with E-state index in [1.54, 1.807) is 36.5 Å². The number of hydrogen-bond acceptors (Lipinski definition) is 5. The third-order valence-corrected chi connectivity index (χ3v) is 4.78. The Kier molecular flexibility index (Phi) is 3.89. The highest BCUT2D eigenvalue weighted by Crippen LogP contribution is 2.38. The number of thiophene rings is 1. The van der Waals surface area contributed by atoms with E-state index >= 15 is 0 Å². The molecule has 3 nitrogen and oxygen atoms in total. The molecule has 2 heterocycles. The molecule has 102 valence electrons. The molecule has 5 heteroatoms. The molecule has 0 unspecified atom stereocenters. The second-order valence-electron chi connectivity index (χ2n) is 4.17. The Labute approximate surface area is 126 Å². The minimum Gasteiger partial charge on any atom is -0.497 e. The Hall–Kier alpha value is -1.59. The van der Waals surface area contributed by atoms with Crippen LogP contribution in [0.4, 0.5) is 0 Å². The monoisotopic (exact) mass is 302 g/mol. The molecule has 3 rings (SSSR count). The maximum atomic E-state index is 5.21. The van der Waals surface area contributed by atoms with Gasteiger partial charge in [-0.2, -0.15) is 0 Å². The van der Waals surface area contributed by atoms with Gasteiger partial charge in [-0.1, -0.05) is 19.1 Å². The Morgan fingerprint density at radius 2 is 2.00 bits per heavy atom. The molecular weight excluding hydrogens is 288 g/mol. The minimum absolute atomic E-state index is 0.868. The number of nitrogens with zero attached hydrogens (tertiary/aromatic N) is 2. The summed E-state index contributed by atoms with van der Waals surface area (Å²) in [4.78, 5) is 9.84. The van der Waals surface area contributed by atoms with Crippen molar-refractivity contribution in [2.75, 3.05) is 12.9 Å². The number of fused-ring (bicyclic) bond motifs is 1. The smallest absolute Gasteiger partial charge is 0.128 e. The van der Waals surface area contributed by atoms with Crippen molar-refractivity contribution in [3.8, 4) is 16.9 Å². The molecule has 0 atom stereocenters. The van der Waals surface area contributed by atoms with Gasteiger partial charge in [0.1, 0.15) is 21.9 Å². The van der Waals surface area contributed by atoms with Gasteiger partial charge in [-0.15, -0.1) is 23.1 Å². The predicted octanol–water partition coefficient (Wildman–Crippen LogP) is 4.48. The van der Waals surface area contributed by atoms with Gasteiger partial charge in [-0.3, -0.25) is 0 Å². The molecule has 0 saturated heterocycles. The normalized spacial score (nSPS) is 10.9. The van der Waals surface area contributed by atoms with Crippen molar-refractivity contribution in [2.45, 2.75) is 11.9 Å². The third kappa shape index (κ3) is 2.39. The standard InChI is InChI=1S/C15H14N2OS2/c1-3-19-14-13-12(8-20-15(13)17-9-16-14)10-4-6-11(18-2)7-5-10/h4-9H,3H2,1-2H3. The summed E-state index contributed by atoms with van der Waals surface area (Å²) in [6.07, 6.45) is 1.65. The van der Waals surface area contributed by atoms with Gasteiger partial charge < -0.3 is 4.74 Å². The van der Waals surface area contributed by atoms with Crippen molar-refractivity contribution in [2.24, 2.45) is 0 Å². The summed E-state index contributed by atoms with van der Waals surface area (Å²) in [5.41, 5.74) is 2.37. The highest BCUT2D eigenvalue weighted by atomic mass is 32.2. The first-order valence-electron chi connectivity index (χ1n) is 6.33. The summed E-state index contributed by atoms with van der Waals surface area (Å²) >= 11 is 3.42. The average Bonchev–Trinajstić information content (AvgIpc) is 2.93. The van der Waals surface area contributed by atoms with E-state index in [1.165, 1.54) is 11.1 Å².